The first-order valence-corrected chi connectivity index (χ1v) is 8.55. The maximum atomic E-state index is 11.7. The van der Waals surface area contributed by atoms with Gasteiger partial charge in [-0.25, -0.2) is 9.44 Å². The van der Waals surface area contributed by atoms with Crippen LogP contribution in [-0.2, 0) is 10.2 Å². The highest BCUT2D eigenvalue weighted by Gasteiger charge is 2.20. The molecule has 0 aromatic heterocycles. The van der Waals surface area contributed by atoms with Crippen molar-refractivity contribution in [2.24, 2.45) is 0 Å². The van der Waals surface area contributed by atoms with Crippen LogP contribution in [0, 0.1) is 0 Å². The topological polar surface area (TPSA) is 61.4 Å². The van der Waals surface area contributed by atoms with E-state index in [-0.39, 0.29) is 6.04 Å². The maximum Gasteiger partial charge on any atom is 0.276 e. The van der Waals surface area contributed by atoms with Gasteiger partial charge in [-0.15, -0.1) is 0 Å². The highest BCUT2D eigenvalue weighted by atomic mass is 32.2. The number of hydrogen-bond acceptors (Lipinski definition) is 3. The second-order valence-electron chi connectivity index (χ2n) is 4.50. The normalized spacial score (nSPS) is 13.6. The predicted molar refractivity (Wildman–Crippen MR) is 82.7 cm³/mol. The van der Waals surface area contributed by atoms with Crippen molar-refractivity contribution < 1.29 is 8.42 Å². The molecular formula is C14H25N3O2S. The third-order valence-electron chi connectivity index (χ3n) is 3.24. The summed E-state index contributed by atoms with van der Waals surface area (Å²) in [6, 6.07) is 10.0. The number of likely N-dealkylation sites (N-methyl/N-ethyl adjacent to an activating group) is 1. The van der Waals surface area contributed by atoms with E-state index in [4.69, 9.17) is 0 Å². The Labute approximate surface area is 122 Å². The van der Waals surface area contributed by atoms with Gasteiger partial charge in [0.1, 0.15) is 0 Å². The van der Waals surface area contributed by atoms with Gasteiger partial charge in [0.15, 0.2) is 0 Å². The van der Waals surface area contributed by atoms with E-state index in [1.165, 1.54) is 0 Å². The van der Waals surface area contributed by atoms with Crippen LogP contribution in [0.25, 0.3) is 0 Å². The molecule has 0 saturated heterocycles. The molecule has 0 amide bonds. The lowest BCUT2D eigenvalue weighted by molar-refractivity contribution is 0.220. The van der Waals surface area contributed by atoms with E-state index in [9.17, 15) is 8.42 Å². The van der Waals surface area contributed by atoms with Gasteiger partial charge in [-0.05, 0) is 18.7 Å². The minimum absolute atomic E-state index is 0.0413. The number of hydrogen-bond donors (Lipinski definition) is 2. The van der Waals surface area contributed by atoms with Crippen LogP contribution >= 0.6 is 0 Å². The summed E-state index contributed by atoms with van der Waals surface area (Å²) in [5, 5.41) is 0. The number of nitrogens with one attached hydrogen (secondary N) is 2. The van der Waals surface area contributed by atoms with Crippen LogP contribution in [0.2, 0.25) is 0 Å². The summed E-state index contributed by atoms with van der Waals surface area (Å²) in [6.45, 7) is 8.42. The smallest absolute Gasteiger partial charge is 0.276 e. The average Bonchev–Trinajstić information content (AvgIpc) is 2.44. The van der Waals surface area contributed by atoms with Gasteiger partial charge in [0.2, 0.25) is 0 Å². The predicted octanol–water partition coefficient (Wildman–Crippen LogP) is 1.51. The lowest BCUT2D eigenvalue weighted by atomic mass is 10.1. The van der Waals surface area contributed by atoms with Crippen LogP contribution in [-0.4, -0.2) is 39.5 Å². The monoisotopic (exact) mass is 299 g/mol. The van der Waals surface area contributed by atoms with Crippen LogP contribution in [0.3, 0.4) is 0 Å². The van der Waals surface area contributed by atoms with Crippen molar-refractivity contribution in [2.45, 2.75) is 26.8 Å². The Bertz CT molecular complexity index is 472. The van der Waals surface area contributed by atoms with Crippen LogP contribution in [0.5, 0.6) is 0 Å². The van der Waals surface area contributed by atoms with Crippen molar-refractivity contribution in [3.63, 3.8) is 0 Å². The van der Waals surface area contributed by atoms with Gasteiger partial charge in [0, 0.05) is 19.1 Å². The molecule has 0 heterocycles. The van der Waals surface area contributed by atoms with E-state index in [0.29, 0.717) is 13.1 Å². The van der Waals surface area contributed by atoms with Crippen molar-refractivity contribution in [3.05, 3.63) is 35.9 Å². The quantitative estimate of drug-likeness (QED) is 0.726. The molecule has 1 aromatic carbocycles. The summed E-state index contributed by atoms with van der Waals surface area (Å²) in [5.74, 6) is 0. The zero-order chi connectivity index (χ0) is 15.0. The third-order valence-corrected chi connectivity index (χ3v) is 4.45. The van der Waals surface area contributed by atoms with Crippen LogP contribution in [0.15, 0.2) is 30.3 Å². The standard InChI is InChI=1S/C14H25N3O2S/c1-4-15-20(18,19)16-12-14(17(5-2)6-3)13-10-8-7-9-11-13/h7-11,14-16H,4-6,12H2,1-3H3. The summed E-state index contributed by atoms with van der Waals surface area (Å²) in [4.78, 5) is 2.24. The van der Waals surface area contributed by atoms with Gasteiger partial charge in [-0.3, -0.25) is 4.90 Å². The summed E-state index contributed by atoms with van der Waals surface area (Å²) in [6.07, 6.45) is 0. The number of rotatable bonds is 9. The van der Waals surface area contributed by atoms with Gasteiger partial charge >= 0.3 is 0 Å². The first-order chi connectivity index (χ1) is 9.54. The third kappa shape index (κ3) is 5.20. The Morgan fingerprint density at radius 3 is 2.15 bits per heavy atom. The molecular weight excluding hydrogens is 274 g/mol. The van der Waals surface area contributed by atoms with E-state index >= 15 is 0 Å². The van der Waals surface area contributed by atoms with Crippen molar-refractivity contribution in [2.75, 3.05) is 26.2 Å². The molecule has 0 aliphatic carbocycles. The van der Waals surface area contributed by atoms with Crippen molar-refractivity contribution >= 4 is 10.2 Å². The molecule has 2 N–H and O–H groups in total. The van der Waals surface area contributed by atoms with Gasteiger partial charge in [0.25, 0.3) is 10.2 Å². The highest BCUT2D eigenvalue weighted by molar-refractivity contribution is 7.87. The van der Waals surface area contributed by atoms with E-state index < -0.39 is 10.2 Å². The first kappa shape index (κ1) is 17.1. The zero-order valence-corrected chi connectivity index (χ0v) is 13.3. The molecule has 1 aromatic rings. The molecule has 20 heavy (non-hydrogen) atoms. The molecule has 0 fully saturated rings. The van der Waals surface area contributed by atoms with Crippen molar-refractivity contribution in [3.8, 4) is 0 Å². The lowest BCUT2D eigenvalue weighted by Gasteiger charge is -2.30. The Hall–Kier alpha value is -0.950. The van der Waals surface area contributed by atoms with Crippen LogP contribution < -0.4 is 9.44 Å². The molecule has 0 aliphatic rings. The molecule has 0 saturated carbocycles. The summed E-state index contributed by atoms with van der Waals surface area (Å²) in [7, 11) is -3.41. The lowest BCUT2D eigenvalue weighted by Crippen LogP contribution is -2.42. The summed E-state index contributed by atoms with van der Waals surface area (Å²) >= 11 is 0. The molecule has 5 nitrogen and oxygen atoms in total. The van der Waals surface area contributed by atoms with Crippen molar-refractivity contribution in [1.82, 2.24) is 14.3 Å². The van der Waals surface area contributed by atoms with E-state index in [1.807, 2.05) is 30.3 Å². The molecule has 0 bridgehead atoms. The average molecular weight is 299 g/mol. The highest BCUT2D eigenvalue weighted by Crippen LogP contribution is 2.19. The summed E-state index contributed by atoms with van der Waals surface area (Å²) in [5.41, 5.74) is 1.12. The minimum Gasteiger partial charge on any atom is -0.296 e. The van der Waals surface area contributed by atoms with Crippen LogP contribution in [0.4, 0.5) is 0 Å². The van der Waals surface area contributed by atoms with E-state index in [2.05, 4.69) is 28.2 Å². The van der Waals surface area contributed by atoms with Crippen molar-refractivity contribution in [1.29, 1.82) is 0 Å². The zero-order valence-electron chi connectivity index (χ0n) is 12.5. The SMILES string of the molecule is CCNS(=O)(=O)NCC(c1ccccc1)N(CC)CC. The molecule has 0 aliphatic heterocycles. The number of nitrogens with zero attached hydrogens (tertiary/aromatic N) is 1. The van der Waals surface area contributed by atoms with Gasteiger partial charge in [-0.2, -0.15) is 8.42 Å². The van der Waals surface area contributed by atoms with Crippen LogP contribution in [0.1, 0.15) is 32.4 Å². The Morgan fingerprint density at radius 1 is 1.05 bits per heavy atom. The van der Waals surface area contributed by atoms with Gasteiger partial charge < -0.3 is 0 Å². The fourth-order valence-electron chi connectivity index (χ4n) is 2.23. The fourth-order valence-corrected chi connectivity index (χ4v) is 3.09. The second-order valence-corrected chi connectivity index (χ2v) is 6.08. The molecule has 0 radical (unpaired) electrons. The maximum absolute atomic E-state index is 11.7. The minimum atomic E-state index is -3.41. The summed E-state index contributed by atoms with van der Waals surface area (Å²) < 4.78 is 28.5. The Morgan fingerprint density at radius 2 is 1.65 bits per heavy atom. The fraction of sp³-hybridized carbons (Fsp3) is 0.571. The number of benzene rings is 1. The molecule has 0 spiro atoms. The van der Waals surface area contributed by atoms with E-state index in [0.717, 1.165) is 18.7 Å². The Kier molecular flexibility index (Phi) is 7.15. The van der Waals surface area contributed by atoms with Gasteiger partial charge in [0.05, 0.1) is 0 Å². The Balaban J connectivity index is 2.84. The molecule has 114 valence electrons. The first-order valence-electron chi connectivity index (χ1n) is 7.07. The second kappa shape index (κ2) is 8.36. The largest absolute Gasteiger partial charge is 0.296 e. The van der Waals surface area contributed by atoms with E-state index in [1.54, 1.807) is 6.92 Å². The molecule has 1 unspecified atom stereocenters. The van der Waals surface area contributed by atoms with Gasteiger partial charge in [-0.1, -0.05) is 51.1 Å². The molecule has 1 atom stereocenters. The molecule has 1 rings (SSSR count). The molecule has 6 heteroatoms.